The largest absolute Gasteiger partial charge is 0.481 e. The molecule has 0 radical (unpaired) electrons. The molecule has 3 aromatic rings. The van der Waals surface area contributed by atoms with E-state index in [2.05, 4.69) is 10.1 Å². The zero-order valence-corrected chi connectivity index (χ0v) is 21.3. The first kappa shape index (κ1) is 27.9. The van der Waals surface area contributed by atoms with Crippen molar-refractivity contribution in [2.45, 2.75) is 59.7 Å². The number of carbonyl (C=O) groups is 2. The van der Waals surface area contributed by atoms with Crippen LogP contribution in [0.1, 0.15) is 80.7 Å². The highest BCUT2D eigenvalue weighted by Crippen LogP contribution is 2.27. The molecule has 0 spiro atoms. The SMILES string of the molecule is CCC(Oc1ccc(C(=O)C(C)C)cc1)c1nc(-c2ccc(C=O)c(F)c2)no1.COC(C)(C)C. The molecular weight excluding hydrogens is 451 g/mol. The Morgan fingerprint density at radius 3 is 2.26 bits per heavy atom. The molecule has 0 aliphatic carbocycles. The van der Waals surface area contributed by atoms with Crippen molar-refractivity contribution in [3.63, 3.8) is 0 Å². The van der Waals surface area contributed by atoms with Crippen molar-refractivity contribution in [1.29, 1.82) is 0 Å². The number of benzene rings is 2. The summed E-state index contributed by atoms with van der Waals surface area (Å²) in [7, 11) is 1.71. The molecule has 188 valence electrons. The van der Waals surface area contributed by atoms with Gasteiger partial charge in [-0.05, 0) is 63.6 Å². The molecule has 2 aromatic carbocycles. The van der Waals surface area contributed by atoms with E-state index in [1.54, 1.807) is 37.4 Å². The summed E-state index contributed by atoms with van der Waals surface area (Å²) < 4.78 is 30.0. The van der Waals surface area contributed by atoms with Crippen LogP contribution in [0.4, 0.5) is 4.39 Å². The summed E-state index contributed by atoms with van der Waals surface area (Å²) in [6.45, 7) is 11.7. The van der Waals surface area contributed by atoms with Crippen LogP contribution in [-0.4, -0.2) is 34.9 Å². The van der Waals surface area contributed by atoms with Crippen molar-refractivity contribution in [3.8, 4) is 17.1 Å². The molecule has 1 heterocycles. The number of nitrogens with zero attached hydrogens (tertiary/aromatic N) is 2. The Morgan fingerprint density at radius 2 is 1.77 bits per heavy atom. The molecule has 0 N–H and O–H groups in total. The highest BCUT2D eigenvalue weighted by Gasteiger charge is 2.21. The van der Waals surface area contributed by atoms with E-state index in [-0.39, 0.29) is 34.6 Å². The molecule has 1 atom stereocenters. The molecule has 0 aliphatic heterocycles. The molecule has 0 saturated carbocycles. The van der Waals surface area contributed by atoms with Crippen molar-refractivity contribution >= 4 is 12.1 Å². The van der Waals surface area contributed by atoms with Gasteiger partial charge in [0.15, 0.2) is 18.2 Å². The molecule has 1 unspecified atom stereocenters. The molecule has 0 saturated heterocycles. The number of Topliss-reactive ketones (excluding diaryl/α,β-unsaturated/α-hetero) is 1. The molecule has 35 heavy (non-hydrogen) atoms. The lowest BCUT2D eigenvalue weighted by Crippen LogP contribution is -2.15. The monoisotopic (exact) mass is 484 g/mol. The highest BCUT2D eigenvalue weighted by atomic mass is 19.1. The van der Waals surface area contributed by atoms with Crippen molar-refractivity contribution in [2.75, 3.05) is 7.11 Å². The molecule has 8 heteroatoms. The maximum atomic E-state index is 13.8. The summed E-state index contributed by atoms with van der Waals surface area (Å²) in [4.78, 5) is 27.1. The van der Waals surface area contributed by atoms with Crippen LogP contribution in [-0.2, 0) is 4.74 Å². The van der Waals surface area contributed by atoms with Gasteiger partial charge < -0.3 is 14.0 Å². The van der Waals surface area contributed by atoms with Crippen LogP contribution in [0.5, 0.6) is 5.75 Å². The van der Waals surface area contributed by atoms with E-state index in [0.29, 0.717) is 29.6 Å². The van der Waals surface area contributed by atoms with Gasteiger partial charge in [0, 0.05) is 24.2 Å². The van der Waals surface area contributed by atoms with Crippen molar-refractivity contribution in [2.24, 2.45) is 5.92 Å². The van der Waals surface area contributed by atoms with Crippen molar-refractivity contribution in [1.82, 2.24) is 10.1 Å². The maximum Gasteiger partial charge on any atom is 0.268 e. The van der Waals surface area contributed by atoms with Crippen LogP contribution in [0.25, 0.3) is 11.4 Å². The Labute approximate surface area is 205 Å². The van der Waals surface area contributed by atoms with Gasteiger partial charge in [-0.1, -0.05) is 32.0 Å². The van der Waals surface area contributed by atoms with E-state index in [0.717, 1.165) is 0 Å². The summed E-state index contributed by atoms with van der Waals surface area (Å²) in [5.74, 6) is 0.368. The number of hydrogen-bond donors (Lipinski definition) is 0. The van der Waals surface area contributed by atoms with E-state index in [9.17, 15) is 14.0 Å². The highest BCUT2D eigenvalue weighted by molar-refractivity contribution is 5.97. The molecule has 3 rings (SSSR count). The Bertz CT molecular complexity index is 1120. The first-order valence-corrected chi connectivity index (χ1v) is 11.4. The lowest BCUT2D eigenvalue weighted by molar-refractivity contribution is 0.0397. The third-order valence-electron chi connectivity index (χ3n) is 5.03. The lowest BCUT2D eigenvalue weighted by atomic mass is 10.0. The first-order chi connectivity index (χ1) is 16.5. The van der Waals surface area contributed by atoms with Crippen molar-refractivity contribution in [3.05, 3.63) is 65.3 Å². The fraction of sp³-hybridized carbons (Fsp3) is 0.407. The molecule has 7 nitrogen and oxygen atoms in total. The Balaban J connectivity index is 0.000000641. The van der Waals surface area contributed by atoms with Gasteiger partial charge in [-0.2, -0.15) is 4.98 Å². The number of aldehydes is 1. The van der Waals surface area contributed by atoms with E-state index in [1.165, 1.54) is 12.1 Å². The summed E-state index contributed by atoms with van der Waals surface area (Å²) in [6.07, 6.45) is 0.510. The maximum absolute atomic E-state index is 13.8. The minimum absolute atomic E-state index is 0.0355. The van der Waals surface area contributed by atoms with Crippen LogP contribution in [0.15, 0.2) is 47.0 Å². The second kappa shape index (κ2) is 12.4. The summed E-state index contributed by atoms with van der Waals surface area (Å²) >= 11 is 0. The quantitative estimate of drug-likeness (QED) is 0.267. The minimum Gasteiger partial charge on any atom is -0.481 e. The minimum atomic E-state index is -0.650. The molecule has 0 bridgehead atoms. The van der Waals surface area contributed by atoms with Gasteiger partial charge >= 0.3 is 0 Å². The fourth-order valence-corrected chi connectivity index (χ4v) is 2.75. The van der Waals surface area contributed by atoms with Crippen molar-refractivity contribution < 1.29 is 28.0 Å². The van der Waals surface area contributed by atoms with Gasteiger partial charge in [0.1, 0.15) is 11.6 Å². The average Bonchev–Trinajstić information content (AvgIpc) is 3.32. The van der Waals surface area contributed by atoms with E-state index < -0.39 is 11.9 Å². The lowest BCUT2D eigenvalue weighted by Gasteiger charge is -2.14. The standard InChI is InChI=1S/C22H21FN2O4.C5H12O/c1-4-19(28-17-9-7-14(8-10-17)20(27)13(2)3)22-24-21(25-29-22)15-5-6-16(12-26)18(23)11-15;1-5(2,3)6-4/h5-13,19H,4H2,1-3H3;1-4H3. The first-order valence-electron chi connectivity index (χ1n) is 11.4. The van der Waals surface area contributed by atoms with Gasteiger partial charge in [0.2, 0.25) is 5.82 Å². The number of hydrogen-bond acceptors (Lipinski definition) is 7. The predicted molar refractivity (Wildman–Crippen MR) is 131 cm³/mol. The average molecular weight is 485 g/mol. The van der Waals surface area contributed by atoms with Gasteiger partial charge in [0.25, 0.3) is 5.89 Å². The van der Waals surface area contributed by atoms with Crippen LogP contribution in [0, 0.1) is 11.7 Å². The number of rotatable bonds is 8. The second-order valence-corrected chi connectivity index (χ2v) is 9.18. The fourth-order valence-electron chi connectivity index (χ4n) is 2.75. The van der Waals surface area contributed by atoms with Crippen LogP contribution >= 0.6 is 0 Å². The third-order valence-corrected chi connectivity index (χ3v) is 5.03. The van der Waals surface area contributed by atoms with E-state index in [1.807, 2.05) is 41.5 Å². The summed E-state index contributed by atoms with van der Waals surface area (Å²) in [5, 5.41) is 3.88. The third kappa shape index (κ3) is 8.10. The molecule has 0 fully saturated rings. The van der Waals surface area contributed by atoms with Gasteiger partial charge in [-0.15, -0.1) is 0 Å². The van der Waals surface area contributed by atoms with Gasteiger partial charge in [0.05, 0.1) is 11.2 Å². The molecule has 0 amide bonds. The Morgan fingerprint density at radius 1 is 1.14 bits per heavy atom. The molecule has 0 aliphatic rings. The Kier molecular flexibility index (Phi) is 9.83. The molecule has 1 aromatic heterocycles. The topological polar surface area (TPSA) is 91.5 Å². The number of aromatic nitrogens is 2. The Hall–Kier alpha value is -3.39. The zero-order chi connectivity index (χ0) is 26.2. The van der Waals surface area contributed by atoms with Crippen LogP contribution in [0.2, 0.25) is 0 Å². The summed E-state index contributed by atoms with van der Waals surface area (Å²) in [5.41, 5.74) is 1.03. The summed E-state index contributed by atoms with van der Waals surface area (Å²) in [6, 6.07) is 11.0. The molecular formula is C27H33FN2O5. The predicted octanol–water partition coefficient (Wildman–Crippen LogP) is 6.49. The number of ether oxygens (including phenoxy) is 2. The zero-order valence-electron chi connectivity index (χ0n) is 21.3. The van der Waals surface area contributed by atoms with Gasteiger partial charge in [-0.3, -0.25) is 9.59 Å². The van der Waals surface area contributed by atoms with Crippen LogP contribution < -0.4 is 4.74 Å². The van der Waals surface area contributed by atoms with E-state index in [4.69, 9.17) is 14.0 Å². The number of carbonyl (C=O) groups excluding carboxylic acids is 2. The van der Waals surface area contributed by atoms with E-state index >= 15 is 0 Å². The van der Waals surface area contributed by atoms with Crippen LogP contribution in [0.3, 0.4) is 0 Å². The normalized spacial score (nSPS) is 12.0. The van der Waals surface area contributed by atoms with Gasteiger partial charge in [-0.25, -0.2) is 4.39 Å². The number of halogens is 1. The number of ketones is 1. The second-order valence-electron chi connectivity index (χ2n) is 9.18. The number of methoxy groups -OCH3 is 1. The smallest absolute Gasteiger partial charge is 0.268 e.